The molecule has 0 unspecified atom stereocenters. The number of halogens is 3. The number of amides is 1. The van der Waals surface area contributed by atoms with E-state index in [-0.39, 0.29) is 10.5 Å². The standard InChI is InChI=1S/C22H19F3N2O3S/c1-15-10-12-17(13-11-15)27(2)31(29,30)18-7-5-6-16(14-18)21(28)26-20-9-4-3-8-19(20)22(23,24)25/h3-14H,1-2H3,(H,26,28). The summed E-state index contributed by atoms with van der Waals surface area (Å²) in [5.74, 6) is -0.855. The van der Waals surface area contributed by atoms with Crippen LogP contribution in [0.3, 0.4) is 0 Å². The number of nitrogens with zero attached hydrogens (tertiary/aromatic N) is 1. The highest BCUT2D eigenvalue weighted by atomic mass is 32.2. The van der Waals surface area contributed by atoms with Crippen LogP contribution in [0.4, 0.5) is 24.5 Å². The molecule has 1 amide bonds. The van der Waals surface area contributed by atoms with Gasteiger partial charge in [0.1, 0.15) is 0 Å². The maximum atomic E-state index is 13.2. The van der Waals surface area contributed by atoms with Gasteiger partial charge in [0.2, 0.25) is 0 Å². The SMILES string of the molecule is Cc1ccc(N(C)S(=O)(=O)c2cccc(C(=O)Nc3ccccc3C(F)(F)F)c2)cc1. The van der Waals surface area contributed by atoms with E-state index in [9.17, 15) is 26.4 Å². The highest BCUT2D eigenvalue weighted by Crippen LogP contribution is 2.34. The van der Waals surface area contributed by atoms with Gasteiger partial charge in [0.25, 0.3) is 15.9 Å². The lowest BCUT2D eigenvalue weighted by molar-refractivity contribution is -0.136. The lowest BCUT2D eigenvalue weighted by Crippen LogP contribution is -2.27. The van der Waals surface area contributed by atoms with Gasteiger partial charge in [0.05, 0.1) is 21.8 Å². The number of nitrogens with one attached hydrogen (secondary N) is 1. The third-order valence-electron chi connectivity index (χ3n) is 4.63. The van der Waals surface area contributed by atoms with Crippen molar-refractivity contribution in [1.82, 2.24) is 0 Å². The zero-order chi connectivity index (χ0) is 22.8. The minimum absolute atomic E-state index is 0.0876. The van der Waals surface area contributed by atoms with Crippen LogP contribution in [0.2, 0.25) is 0 Å². The van der Waals surface area contributed by atoms with Crippen LogP contribution in [0.15, 0.2) is 77.7 Å². The summed E-state index contributed by atoms with van der Waals surface area (Å²) in [6, 6.07) is 16.5. The predicted octanol–water partition coefficient (Wildman–Crippen LogP) is 5.09. The van der Waals surface area contributed by atoms with Gasteiger partial charge in [-0.15, -0.1) is 0 Å². The molecule has 0 radical (unpaired) electrons. The Balaban J connectivity index is 1.90. The van der Waals surface area contributed by atoms with Crippen molar-refractivity contribution in [1.29, 1.82) is 0 Å². The number of anilines is 2. The average molecular weight is 448 g/mol. The lowest BCUT2D eigenvalue weighted by atomic mass is 10.1. The van der Waals surface area contributed by atoms with Gasteiger partial charge in [0.15, 0.2) is 0 Å². The molecular weight excluding hydrogens is 429 g/mol. The van der Waals surface area contributed by atoms with E-state index in [1.807, 2.05) is 6.92 Å². The third kappa shape index (κ3) is 4.88. The van der Waals surface area contributed by atoms with Gasteiger partial charge in [-0.2, -0.15) is 13.2 Å². The Morgan fingerprint density at radius 3 is 2.23 bits per heavy atom. The van der Waals surface area contributed by atoms with E-state index < -0.39 is 33.4 Å². The Morgan fingerprint density at radius 1 is 0.935 bits per heavy atom. The molecule has 0 aromatic heterocycles. The molecule has 0 heterocycles. The Bertz CT molecular complexity index is 1210. The summed E-state index contributed by atoms with van der Waals surface area (Å²) < 4.78 is 66.5. The van der Waals surface area contributed by atoms with Gasteiger partial charge in [-0.3, -0.25) is 9.10 Å². The van der Waals surface area contributed by atoms with Crippen LogP contribution in [0.1, 0.15) is 21.5 Å². The van der Waals surface area contributed by atoms with Crippen molar-refractivity contribution in [3.63, 3.8) is 0 Å². The van der Waals surface area contributed by atoms with Gasteiger partial charge in [-0.25, -0.2) is 8.42 Å². The second-order valence-corrected chi connectivity index (χ2v) is 8.80. The number of carbonyl (C=O) groups excluding carboxylic acids is 1. The number of hydrogen-bond donors (Lipinski definition) is 1. The van der Waals surface area contributed by atoms with Crippen molar-refractivity contribution in [3.05, 3.63) is 89.5 Å². The number of rotatable bonds is 5. The largest absolute Gasteiger partial charge is 0.418 e. The van der Waals surface area contributed by atoms with Crippen molar-refractivity contribution in [2.45, 2.75) is 18.0 Å². The van der Waals surface area contributed by atoms with E-state index in [0.29, 0.717) is 5.69 Å². The number of aryl methyl sites for hydroxylation is 1. The van der Waals surface area contributed by atoms with Gasteiger partial charge in [-0.05, 0) is 49.4 Å². The monoisotopic (exact) mass is 448 g/mol. The predicted molar refractivity (Wildman–Crippen MR) is 113 cm³/mol. The fraction of sp³-hybridized carbons (Fsp3) is 0.136. The molecule has 0 aliphatic heterocycles. The average Bonchev–Trinajstić information content (AvgIpc) is 2.73. The summed E-state index contributed by atoms with van der Waals surface area (Å²) in [6.07, 6.45) is -4.65. The summed E-state index contributed by atoms with van der Waals surface area (Å²) in [5, 5.41) is 2.21. The highest BCUT2D eigenvalue weighted by molar-refractivity contribution is 7.92. The van der Waals surface area contributed by atoms with Crippen LogP contribution < -0.4 is 9.62 Å². The van der Waals surface area contributed by atoms with Crippen LogP contribution in [0.5, 0.6) is 0 Å². The fourth-order valence-corrected chi connectivity index (χ4v) is 4.13. The number of hydrogen-bond acceptors (Lipinski definition) is 3. The van der Waals surface area contributed by atoms with E-state index in [1.165, 1.54) is 37.4 Å². The maximum Gasteiger partial charge on any atom is 0.418 e. The van der Waals surface area contributed by atoms with Crippen LogP contribution in [0.25, 0.3) is 0 Å². The van der Waals surface area contributed by atoms with E-state index in [2.05, 4.69) is 5.32 Å². The van der Waals surface area contributed by atoms with Gasteiger partial charge in [-0.1, -0.05) is 35.9 Å². The molecule has 3 aromatic carbocycles. The molecule has 3 rings (SSSR count). The van der Waals surface area contributed by atoms with Crippen molar-refractivity contribution in [2.75, 3.05) is 16.7 Å². The molecular formula is C22H19F3N2O3S. The first kappa shape index (κ1) is 22.4. The number of benzene rings is 3. The van der Waals surface area contributed by atoms with Gasteiger partial charge in [0, 0.05) is 12.6 Å². The number of sulfonamides is 1. The van der Waals surface area contributed by atoms with Gasteiger partial charge < -0.3 is 5.32 Å². The molecule has 5 nitrogen and oxygen atoms in total. The first-order valence-electron chi connectivity index (χ1n) is 9.13. The molecule has 1 N–H and O–H groups in total. The van der Waals surface area contributed by atoms with E-state index in [0.717, 1.165) is 28.1 Å². The van der Waals surface area contributed by atoms with Gasteiger partial charge >= 0.3 is 6.18 Å². The molecule has 3 aromatic rings. The van der Waals surface area contributed by atoms with Crippen molar-refractivity contribution in [2.24, 2.45) is 0 Å². The topological polar surface area (TPSA) is 66.5 Å². The molecule has 0 saturated heterocycles. The van der Waals surface area contributed by atoms with Crippen LogP contribution in [0, 0.1) is 6.92 Å². The summed E-state index contributed by atoms with van der Waals surface area (Å²) in [7, 11) is -2.61. The molecule has 162 valence electrons. The Hall–Kier alpha value is -3.33. The second-order valence-electron chi connectivity index (χ2n) is 6.83. The molecule has 0 aliphatic carbocycles. The highest BCUT2D eigenvalue weighted by Gasteiger charge is 2.33. The number of carbonyl (C=O) groups is 1. The van der Waals surface area contributed by atoms with Crippen LogP contribution in [-0.2, 0) is 16.2 Å². The zero-order valence-corrected chi connectivity index (χ0v) is 17.5. The van der Waals surface area contributed by atoms with Crippen molar-refractivity contribution >= 4 is 27.3 Å². The maximum absolute atomic E-state index is 13.2. The third-order valence-corrected chi connectivity index (χ3v) is 6.41. The Morgan fingerprint density at radius 2 is 1.58 bits per heavy atom. The van der Waals surface area contributed by atoms with E-state index in [1.54, 1.807) is 24.3 Å². The molecule has 0 saturated carbocycles. The normalized spacial score (nSPS) is 11.8. The molecule has 9 heteroatoms. The van der Waals surface area contributed by atoms with Crippen molar-refractivity contribution < 1.29 is 26.4 Å². The molecule has 31 heavy (non-hydrogen) atoms. The van der Waals surface area contributed by atoms with Crippen molar-refractivity contribution in [3.8, 4) is 0 Å². The zero-order valence-electron chi connectivity index (χ0n) is 16.6. The van der Waals surface area contributed by atoms with E-state index in [4.69, 9.17) is 0 Å². The molecule has 0 atom stereocenters. The fourth-order valence-electron chi connectivity index (χ4n) is 2.88. The Labute approximate surface area is 178 Å². The summed E-state index contributed by atoms with van der Waals surface area (Å²) in [6.45, 7) is 1.87. The molecule has 0 spiro atoms. The first-order valence-corrected chi connectivity index (χ1v) is 10.6. The van der Waals surface area contributed by atoms with Crippen LogP contribution >= 0.6 is 0 Å². The minimum Gasteiger partial charge on any atom is -0.321 e. The Kier molecular flexibility index (Phi) is 6.08. The number of alkyl halides is 3. The quantitative estimate of drug-likeness (QED) is 0.591. The number of para-hydroxylation sites is 1. The molecule has 0 aliphatic rings. The molecule has 0 bridgehead atoms. The first-order chi connectivity index (χ1) is 14.5. The summed E-state index contributed by atoms with van der Waals surface area (Å²) in [5.41, 5.74) is -0.0986. The summed E-state index contributed by atoms with van der Waals surface area (Å²) in [4.78, 5) is 12.4. The molecule has 0 fully saturated rings. The smallest absolute Gasteiger partial charge is 0.321 e. The lowest BCUT2D eigenvalue weighted by Gasteiger charge is -2.20. The van der Waals surface area contributed by atoms with E-state index >= 15 is 0 Å². The minimum atomic E-state index is -4.65. The summed E-state index contributed by atoms with van der Waals surface area (Å²) >= 11 is 0. The second kappa shape index (κ2) is 8.43. The van der Waals surface area contributed by atoms with Crippen LogP contribution in [-0.4, -0.2) is 21.4 Å².